The minimum Gasteiger partial charge on any atom is -0.395 e. The number of aryl methyl sites for hydroxylation is 1. The number of hydrogen-bond acceptors (Lipinski definition) is 8. The van der Waals surface area contributed by atoms with Gasteiger partial charge in [-0.2, -0.15) is 18.3 Å². The molecule has 4 N–H and O–H groups in total. The van der Waals surface area contributed by atoms with Gasteiger partial charge in [0.25, 0.3) is 17.5 Å². The fourth-order valence-corrected chi connectivity index (χ4v) is 4.34. The predicted molar refractivity (Wildman–Crippen MR) is 142 cm³/mol. The van der Waals surface area contributed by atoms with Crippen molar-refractivity contribution in [2.75, 3.05) is 23.8 Å². The van der Waals surface area contributed by atoms with Crippen LogP contribution in [0.25, 0.3) is 22.2 Å². The lowest BCUT2D eigenvalue weighted by Crippen LogP contribution is -2.27. The molecule has 42 heavy (non-hydrogen) atoms. The molecule has 0 aliphatic heterocycles. The number of fused-ring (bicyclic) bond motifs is 1. The van der Waals surface area contributed by atoms with E-state index in [1.165, 1.54) is 16.8 Å². The van der Waals surface area contributed by atoms with E-state index >= 15 is 4.39 Å². The summed E-state index contributed by atoms with van der Waals surface area (Å²) >= 11 is 0. The fraction of sp³-hybridized carbons (Fsp3) is 0.346. The van der Waals surface area contributed by atoms with E-state index in [2.05, 4.69) is 25.7 Å². The van der Waals surface area contributed by atoms with E-state index in [9.17, 15) is 31.5 Å². The number of nitrogens with zero attached hydrogens (tertiary/aromatic N) is 4. The summed E-state index contributed by atoms with van der Waals surface area (Å²) in [5.41, 5.74) is -4.37. The molecule has 1 atom stereocenters. The third-order valence-electron chi connectivity index (χ3n) is 6.34. The molecule has 0 spiro atoms. The maximum Gasteiger partial charge on any atom is 0.423 e. The van der Waals surface area contributed by atoms with Crippen LogP contribution in [0.4, 0.5) is 37.8 Å². The second-order valence-corrected chi connectivity index (χ2v) is 9.36. The van der Waals surface area contributed by atoms with Crippen molar-refractivity contribution >= 4 is 22.3 Å². The molecule has 0 aliphatic carbocycles. The normalized spacial score (nSPS) is 12.6. The van der Waals surface area contributed by atoms with Gasteiger partial charge in [0.05, 0.1) is 35.0 Å². The summed E-state index contributed by atoms with van der Waals surface area (Å²) in [4.78, 5) is 32.5. The van der Waals surface area contributed by atoms with Gasteiger partial charge in [-0.15, -0.1) is 0 Å². The van der Waals surface area contributed by atoms with Gasteiger partial charge in [0.15, 0.2) is 5.82 Å². The molecule has 1 unspecified atom stereocenters. The van der Waals surface area contributed by atoms with Crippen LogP contribution in [0.15, 0.2) is 46.4 Å². The van der Waals surface area contributed by atoms with Crippen molar-refractivity contribution in [1.82, 2.24) is 24.7 Å². The number of aliphatic hydroxyl groups is 1. The van der Waals surface area contributed by atoms with Crippen molar-refractivity contribution in [1.29, 1.82) is 0 Å². The summed E-state index contributed by atoms with van der Waals surface area (Å²) in [6, 6.07) is 3.36. The molecule has 16 heteroatoms. The number of alkyl halides is 5. The number of aromatic amines is 1. The van der Waals surface area contributed by atoms with Crippen LogP contribution in [0.3, 0.4) is 0 Å². The number of benzene rings is 1. The van der Waals surface area contributed by atoms with E-state index in [-0.39, 0.29) is 42.3 Å². The molecule has 224 valence electrons. The highest BCUT2D eigenvalue weighted by Crippen LogP contribution is 2.32. The van der Waals surface area contributed by atoms with E-state index in [0.717, 1.165) is 18.5 Å². The first-order chi connectivity index (χ1) is 19.9. The number of hydrogen-bond donors (Lipinski definition) is 4. The maximum atomic E-state index is 15.1. The standard InChI is InChI=1S/C26H25F6N7O3/c1-13(36-19-12-35-38-24(41)20(19)26(30,31)32)3-2-6-39-7-4-14-9-16(18(27)10-15(14)25(39)42)22-34-11-17(21(28)29)23(37-22)33-5-8-40/h4,7,9-13,21,40H,2-3,5-6,8H2,1H3,(H,33,34,37)(H2,36,38,41). The van der Waals surface area contributed by atoms with Gasteiger partial charge in [-0.05, 0) is 43.4 Å². The average Bonchev–Trinajstić information content (AvgIpc) is 2.92. The van der Waals surface area contributed by atoms with E-state index < -0.39 is 52.4 Å². The molecule has 0 radical (unpaired) electrons. The van der Waals surface area contributed by atoms with Crippen molar-refractivity contribution in [3.63, 3.8) is 0 Å². The van der Waals surface area contributed by atoms with Gasteiger partial charge in [0.2, 0.25) is 0 Å². The van der Waals surface area contributed by atoms with E-state index in [1.807, 2.05) is 0 Å². The first-order valence-corrected chi connectivity index (χ1v) is 12.6. The first kappa shape index (κ1) is 30.5. The number of halogens is 6. The molecule has 0 amide bonds. The Bertz CT molecular complexity index is 1690. The van der Waals surface area contributed by atoms with Crippen LogP contribution >= 0.6 is 0 Å². The zero-order valence-corrected chi connectivity index (χ0v) is 22.0. The van der Waals surface area contributed by atoms with Crippen LogP contribution in [-0.2, 0) is 12.7 Å². The highest BCUT2D eigenvalue weighted by atomic mass is 19.4. The Morgan fingerprint density at radius 1 is 1.17 bits per heavy atom. The molecule has 0 bridgehead atoms. The monoisotopic (exact) mass is 597 g/mol. The van der Waals surface area contributed by atoms with E-state index in [1.54, 1.807) is 18.1 Å². The summed E-state index contributed by atoms with van der Waals surface area (Å²) in [7, 11) is 0. The van der Waals surface area contributed by atoms with Crippen LogP contribution in [0.2, 0.25) is 0 Å². The lowest BCUT2D eigenvalue weighted by atomic mass is 10.1. The van der Waals surface area contributed by atoms with Crippen LogP contribution in [0, 0.1) is 5.82 Å². The SMILES string of the molecule is CC(CCCn1ccc2cc(-c3ncc(C(F)F)c(NCCO)n3)c(F)cc2c1=O)Nc1cn[nH]c(=O)c1C(F)(F)F. The Balaban J connectivity index is 1.51. The summed E-state index contributed by atoms with van der Waals surface area (Å²) in [6.07, 6.45) is -3.90. The highest BCUT2D eigenvalue weighted by molar-refractivity contribution is 5.86. The largest absolute Gasteiger partial charge is 0.423 e. The third kappa shape index (κ3) is 6.70. The molecule has 3 aromatic heterocycles. The fourth-order valence-electron chi connectivity index (χ4n) is 4.34. The van der Waals surface area contributed by atoms with Crippen LogP contribution in [0.5, 0.6) is 0 Å². The minimum absolute atomic E-state index is 0.0390. The lowest BCUT2D eigenvalue weighted by Gasteiger charge is -2.18. The van der Waals surface area contributed by atoms with Gasteiger partial charge in [0.1, 0.15) is 17.2 Å². The summed E-state index contributed by atoms with van der Waals surface area (Å²) in [6.45, 7) is 1.37. The number of aliphatic hydroxyl groups excluding tert-OH is 1. The molecule has 3 heterocycles. The van der Waals surface area contributed by atoms with Gasteiger partial charge >= 0.3 is 6.18 Å². The number of pyridine rings is 1. The number of rotatable bonds is 11. The van der Waals surface area contributed by atoms with Crippen molar-refractivity contribution in [2.45, 2.75) is 45.0 Å². The average molecular weight is 598 g/mol. The Kier molecular flexibility index (Phi) is 9.14. The Hall–Kier alpha value is -4.47. The second kappa shape index (κ2) is 12.6. The highest BCUT2D eigenvalue weighted by Gasteiger charge is 2.37. The molecule has 0 aliphatic rings. The quantitative estimate of drug-likeness (QED) is 0.188. The molecule has 10 nitrogen and oxygen atoms in total. The number of aromatic nitrogens is 5. The van der Waals surface area contributed by atoms with Gasteiger partial charge in [0, 0.05) is 31.5 Å². The molecule has 4 rings (SSSR count). The molecule has 0 saturated carbocycles. The van der Waals surface area contributed by atoms with E-state index in [4.69, 9.17) is 5.11 Å². The second-order valence-electron chi connectivity index (χ2n) is 9.36. The van der Waals surface area contributed by atoms with Gasteiger partial charge < -0.3 is 20.3 Å². The Labute approximate surface area is 233 Å². The number of anilines is 2. The number of nitrogens with one attached hydrogen (secondary N) is 3. The van der Waals surface area contributed by atoms with Crippen molar-refractivity contribution < 1.29 is 31.4 Å². The lowest BCUT2D eigenvalue weighted by molar-refractivity contribution is -0.138. The first-order valence-electron chi connectivity index (χ1n) is 12.6. The zero-order valence-electron chi connectivity index (χ0n) is 22.0. The van der Waals surface area contributed by atoms with Gasteiger partial charge in [-0.1, -0.05) is 0 Å². The van der Waals surface area contributed by atoms with Crippen LogP contribution in [-0.4, -0.2) is 49.0 Å². The maximum absolute atomic E-state index is 15.1. The minimum atomic E-state index is -4.88. The summed E-state index contributed by atoms with van der Waals surface area (Å²) in [5.74, 6) is -1.32. The number of H-pyrrole nitrogens is 1. The molecule has 4 aromatic rings. The Morgan fingerprint density at radius 3 is 2.62 bits per heavy atom. The zero-order chi connectivity index (χ0) is 30.6. The van der Waals surface area contributed by atoms with Crippen molar-refractivity contribution in [3.05, 3.63) is 74.4 Å². The van der Waals surface area contributed by atoms with Gasteiger partial charge in [-0.25, -0.2) is 28.2 Å². The third-order valence-corrected chi connectivity index (χ3v) is 6.34. The molecule has 1 aromatic carbocycles. The van der Waals surface area contributed by atoms with Crippen LogP contribution < -0.4 is 21.8 Å². The van der Waals surface area contributed by atoms with E-state index in [0.29, 0.717) is 18.2 Å². The molecule has 0 saturated heterocycles. The topological polar surface area (TPSA) is 138 Å². The van der Waals surface area contributed by atoms with Crippen molar-refractivity contribution in [3.8, 4) is 11.4 Å². The predicted octanol–water partition coefficient (Wildman–Crippen LogP) is 4.32. The Morgan fingerprint density at radius 2 is 1.93 bits per heavy atom. The molecular weight excluding hydrogens is 572 g/mol. The molecular formula is C26H25F6N7O3. The summed E-state index contributed by atoms with van der Waals surface area (Å²) in [5, 5.41) is 19.7. The summed E-state index contributed by atoms with van der Waals surface area (Å²) < 4.78 is 82.9. The molecule has 0 fully saturated rings. The van der Waals surface area contributed by atoms with Crippen molar-refractivity contribution in [2.24, 2.45) is 0 Å². The van der Waals surface area contributed by atoms with Crippen LogP contribution in [0.1, 0.15) is 37.3 Å². The van der Waals surface area contributed by atoms with Gasteiger partial charge in [-0.3, -0.25) is 9.59 Å². The smallest absolute Gasteiger partial charge is 0.395 e.